The predicted molar refractivity (Wildman–Crippen MR) is 81.1 cm³/mol. The zero-order valence-corrected chi connectivity index (χ0v) is 11.5. The summed E-state index contributed by atoms with van der Waals surface area (Å²) in [7, 11) is 0. The van der Waals surface area contributed by atoms with Gasteiger partial charge in [-0.15, -0.1) is 0 Å². The first-order chi connectivity index (χ1) is 10.2. The number of para-hydroxylation sites is 1. The second-order valence-corrected chi connectivity index (χ2v) is 4.39. The van der Waals surface area contributed by atoms with Gasteiger partial charge in [-0.25, -0.2) is 0 Å². The molecule has 1 N–H and O–H groups in total. The molecule has 1 heterocycles. The Balaban J connectivity index is 2.14. The zero-order chi connectivity index (χ0) is 15.1. The largest absolute Gasteiger partial charge is 0.465 e. The van der Waals surface area contributed by atoms with Crippen LogP contribution in [-0.2, 0) is 4.79 Å². The third-order valence-corrected chi connectivity index (χ3v) is 2.68. The summed E-state index contributed by atoms with van der Waals surface area (Å²) in [6, 6.07) is 14.5. The molecule has 0 fully saturated rings. The molecule has 0 saturated carbocycles. The molecular weight excluding hydrogens is 264 g/mol. The van der Waals surface area contributed by atoms with Crippen LogP contribution in [0.4, 0.5) is 5.69 Å². The first kappa shape index (κ1) is 14.4. The molecular formula is C17H14N2O2. The average Bonchev–Trinajstić information content (AvgIpc) is 2.98. The van der Waals surface area contributed by atoms with Crippen LogP contribution < -0.4 is 5.32 Å². The molecule has 0 aliphatic carbocycles. The minimum atomic E-state index is -0.434. The van der Waals surface area contributed by atoms with Crippen molar-refractivity contribution in [3.63, 3.8) is 0 Å². The van der Waals surface area contributed by atoms with Gasteiger partial charge in [-0.1, -0.05) is 18.2 Å². The van der Waals surface area contributed by atoms with Crippen LogP contribution in [0.15, 0.2) is 70.4 Å². The van der Waals surface area contributed by atoms with Gasteiger partial charge in [-0.05, 0) is 48.9 Å². The number of amides is 1. The van der Waals surface area contributed by atoms with Crippen molar-refractivity contribution in [1.82, 2.24) is 0 Å². The smallest absolute Gasteiger partial charge is 0.266 e. The molecule has 104 valence electrons. The Labute approximate surface area is 123 Å². The highest BCUT2D eigenvalue weighted by Gasteiger charge is 2.09. The highest BCUT2D eigenvalue weighted by molar-refractivity contribution is 6.06. The minimum Gasteiger partial charge on any atom is -0.465 e. The Morgan fingerprint density at radius 2 is 2.00 bits per heavy atom. The average molecular weight is 278 g/mol. The van der Waals surface area contributed by atoms with E-state index in [1.165, 1.54) is 6.08 Å². The van der Waals surface area contributed by atoms with Gasteiger partial charge < -0.3 is 9.73 Å². The highest BCUT2D eigenvalue weighted by atomic mass is 16.3. The molecule has 1 amide bonds. The van der Waals surface area contributed by atoms with Crippen molar-refractivity contribution in [2.45, 2.75) is 6.92 Å². The second-order valence-electron chi connectivity index (χ2n) is 4.39. The fourth-order valence-corrected chi connectivity index (χ4v) is 1.74. The number of rotatable bonds is 4. The van der Waals surface area contributed by atoms with Gasteiger partial charge in [-0.2, -0.15) is 5.26 Å². The van der Waals surface area contributed by atoms with Gasteiger partial charge in [0.05, 0.1) is 6.26 Å². The first-order valence-corrected chi connectivity index (χ1v) is 6.39. The van der Waals surface area contributed by atoms with Crippen LogP contribution in [0.1, 0.15) is 12.7 Å². The molecule has 0 saturated heterocycles. The molecule has 0 spiro atoms. The molecule has 2 aromatic rings. The lowest BCUT2D eigenvalue weighted by Crippen LogP contribution is -2.13. The molecule has 21 heavy (non-hydrogen) atoms. The van der Waals surface area contributed by atoms with Crippen LogP contribution in [-0.4, -0.2) is 5.91 Å². The maximum atomic E-state index is 12.0. The molecule has 1 aromatic carbocycles. The van der Waals surface area contributed by atoms with Crippen molar-refractivity contribution < 1.29 is 9.21 Å². The molecule has 0 aliphatic heterocycles. The molecule has 0 unspecified atom stereocenters. The Bertz CT molecular complexity index is 705. The third kappa shape index (κ3) is 4.22. The Morgan fingerprint density at radius 3 is 2.62 bits per heavy atom. The number of hydrogen-bond acceptors (Lipinski definition) is 3. The number of carbonyl (C=O) groups excluding carboxylic acids is 1. The summed E-state index contributed by atoms with van der Waals surface area (Å²) in [5, 5.41) is 11.8. The van der Waals surface area contributed by atoms with E-state index in [-0.39, 0.29) is 5.57 Å². The van der Waals surface area contributed by atoms with Crippen LogP contribution in [0.2, 0.25) is 0 Å². The van der Waals surface area contributed by atoms with Gasteiger partial charge in [0.2, 0.25) is 0 Å². The van der Waals surface area contributed by atoms with Crippen molar-refractivity contribution in [2.24, 2.45) is 0 Å². The Hall–Kier alpha value is -3.06. The number of benzene rings is 1. The lowest BCUT2D eigenvalue weighted by molar-refractivity contribution is -0.112. The van der Waals surface area contributed by atoms with Gasteiger partial charge in [0.25, 0.3) is 5.91 Å². The highest BCUT2D eigenvalue weighted by Crippen LogP contribution is 2.12. The van der Waals surface area contributed by atoms with Crippen LogP contribution in [0, 0.1) is 11.3 Å². The maximum absolute atomic E-state index is 12.0. The van der Waals surface area contributed by atoms with Gasteiger partial charge in [-0.3, -0.25) is 4.79 Å². The van der Waals surface area contributed by atoms with Crippen molar-refractivity contribution in [3.05, 3.63) is 71.7 Å². The standard InChI is InChI=1S/C17H14N2O2/c1-13(11-16-8-5-9-21-16)10-14(12-18)17(20)19-15-6-3-2-4-7-15/h2-11H,1H3,(H,19,20)/b13-11-,14-10-. The van der Waals surface area contributed by atoms with E-state index in [2.05, 4.69) is 5.32 Å². The molecule has 0 aliphatic rings. The number of nitrogens with zero attached hydrogens (tertiary/aromatic N) is 1. The minimum absolute atomic E-state index is 0.0409. The lowest BCUT2D eigenvalue weighted by Gasteiger charge is -2.03. The summed E-state index contributed by atoms with van der Waals surface area (Å²) in [5.41, 5.74) is 1.44. The normalized spacial score (nSPS) is 11.8. The molecule has 0 atom stereocenters. The van der Waals surface area contributed by atoms with Crippen LogP contribution in [0.5, 0.6) is 0 Å². The monoisotopic (exact) mass is 278 g/mol. The van der Waals surface area contributed by atoms with E-state index in [4.69, 9.17) is 9.68 Å². The maximum Gasteiger partial charge on any atom is 0.266 e. The molecule has 4 heteroatoms. The third-order valence-electron chi connectivity index (χ3n) is 2.68. The number of hydrogen-bond donors (Lipinski definition) is 1. The van der Waals surface area contributed by atoms with Crippen molar-refractivity contribution in [3.8, 4) is 6.07 Å². The van der Waals surface area contributed by atoms with Crippen molar-refractivity contribution >= 4 is 17.7 Å². The SMILES string of the molecule is CC(=C/c1ccco1)/C=C(/C#N)C(=O)Nc1ccccc1. The fourth-order valence-electron chi connectivity index (χ4n) is 1.74. The summed E-state index contributed by atoms with van der Waals surface area (Å²) in [5.74, 6) is 0.236. The van der Waals surface area contributed by atoms with Crippen molar-refractivity contribution in [1.29, 1.82) is 5.26 Å². The number of nitriles is 1. The summed E-state index contributed by atoms with van der Waals surface area (Å²) in [6.07, 6.45) is 4.85. The van der Waals surface area contributed by atoms with E-state index >= 15 is 0 Å². The van der Waals surface area contributed by atoms with Gasteiger partial charge in [0.15, 0.2) is 0 Å². The topological polar surface area (TPSA) is 66.0 Å². The van der Waals surface area contributed by atoms with Gasteiger partial charge in [0, 0.05) is 5.69 Å². The molecule has 0 radical (unpaired) electrons. The van der Waals surface area contributed by atoms with Crippen LogP contribution in [0.25, 0.3) is 6.08 Å². The zero-order valence-electron chi connectivity index (χ0n) is 11.5. The van der Waals surface area contributed by atoms with Crippen LogP contribution >= 0.6 is 0 Å². The van der Waals surface area contributed by atoms with E-state index in [9.17, 15) is 4.79 Å². The quantitative estimate of drug-likeness (QED) is 0.526. The Kier molecular flexibility index (Phi) is 4.73. The van der Waals surface area contributed by atoms with E-state index in [0.717, 1.165) is 5.57 Å². The summed E-state index contributed by atoms with van der Waals surface area (Å²) in [6.45, 7) is 1.80. The lowest BCUT2D eigenvalue weighted by atomic mass is 10.1. The summed E-state index contributed by atoms with van der Waals surface area (Å²) >= 11 is 0. The molecule has 0 bridgehead atoms. The van der Waals surface area contributed by atoms with E-state index in [0.29, 0.717) is 11.4 Å². The first-order valence-electron chi connectivity index (χ1n) is 6.39. The van der Waals surface area contributed by atoms with Crippen molar-refractivity contribution in [2.75, 3.05) is 5.32 Å². The summed E-state index contributed by atoms with van der Waals surface area (Å²) in [4.78, 5) is 12.0. The Morgan fingerprint density at radius 1 is 1.24 bits per heavy atom. The number of nitrogens with one attached hydrogen (secondary N) is 1. The molecule has 4 nitrogen and oxygen atoms in total. The number of carbonyl (C=O) groups is 1. The van der Waals surface area contributed by atoms with E-state index < -0.39 is 5.91 Å². The van der Waals surface area contributed by atoms with Gasteiger partial charge >= 0.3 is 0 Å². The second kappa shape index (κ2) is 6.92. The summed E-state index contributed by atoms with van der Waals surface area (Å²) < 4.78 is 5.19. The number of anilines is 1. The molecule has 1 aromatic heterocycles. The molecule has 2 rings (SSSR count). The predicted octanol–water partition coefficient (Wildman–Crippen LogP) is 3.77. The van der Waals surface area contributed by atoms with E-state index in [1.807, 2.05) is 24.3 Å². The number of furan rings is 1. The van der Waals surface area contributed by atoms with Crippen LogP contribution in [0.3, 0.4) is 0 Å². The van der Waals surface area contributed by atoms with Gasteiger partial charge in [0.1, 0.15) is 17.4 Å². The van der Waals surface area contributed by atoms with E-state index in [1.54, 1.807) is 43.5 Å². The fraction of sp³-hybridized carbons (Fsp3) is 0.0588. The number of allylic oxidation sites excluding steroid dienone is 2.